The van der Waals surface area contributed by atoms with Gasteiger partial charge in [-0.15, -0.1) is 0 Å². The SMILES string of the molecule is CC[C@@H](C)CC(C)CC/C(C)=C/C=NC. The van der Waals surface area contributed by atoms with E-state index >= 15 is 0 Å². The van der Waals surface area contributed by atoms with Gasteiger partial charge in [0, 0.05) is 13.3 Å². The van der Waals surface area contributed by atoms with Crippen LogP contribution >= 0.6 is 0 Å². The van der Waals surface area contributed by atoms with Crippen molar-refractivity contribution in [2.24, 2.45) is 16.8 Å². The Morgan fingerprint density at radius 1 is 1.27 bits per heavy atom. The van der Waals surface area contributed by atoms with E-state index in [1.54, 1.807) is 0 Å². The molecule has 0 rings (SSSR count). The minimum Gasteiger partial charge on any atom is -0.297 e. The van der Waals surface area contributed by atoms with Crippen molar-refractivity contribution < 1.29 is 0 Å². The van der Waals surface area contributed by atoms with E-state index in [1.807, 2.05) is 13.3 Å². The van der Waals surface area contributed by atoms with Crippen molar-refractivity contribution in [1.29, 1.82) is 0 Å². The van der Waals surface area contributed by atoms with Crippen molar-refractivity contribution in [2.75, 3.05) is 7.05 Å². The van der Waals surface area contributed by atoms with E-state index in [0.29, 0.717) is 0 Å². The van der Waals surface area contributed by atoms with Gasteiger partial charge in [0.05, 0.1) is 0 Å². The highest BCUT2D eigenvalue weighted by Gasteiger charge is 2.06. The second-order valence-electron chi connectivity index (χ2n) is 4.81. The van der Waals surface area contributed by atoms with Gasteiger partial charge in [-0.3, -0.25) is 4.99 Å². The molecule has 2 atom stereocenters. The van der Waals surface area contributed by atoms with Crippen LogP contribution in [0.1, 0.15) is 53.4 Å². The van der Waals surface area contributed by atoms with Crippen molar-refractivity contribution in [3.8, 4) is 0 Å². The number of aliphatic imine (C=N–C) groups is 1. The van der Waals surface area contributed by atoms with Crippen LogP contribution in [0.3, 0.4) is 0 Å². The third kappa shape index (κ3) is 8.41. The summed E-state index contributed by atoms with van der Waals surface area (Å²) in [6.07, 6.45) is 9.20. The smallest absolute Gasteiger partial charge is 0.0277 e. The molecule has 0 radical (unpaired) electrons. The van der Waals surface area contributed by atoms with E-state index in [-0.39, 0.29) is 0 Å². The van der Waals surface area contributed by atoms with Gasteiger partial charge in [0.2, 0.25) is 0 Å². The maximum Gasteiger partial charge on any atom is 0.0277 e. The Morgan fingerprint density at radius 3 is 2.47 bits per heavy atom. The molecular formula is C14H27N. The van der Waals surface area contributed by atoms with E-state index in [4.69, 9.17) is 0 Å². The first-order valence-electron chi connectivity index (χ1n) is 6.18. The number of nitrogens with zero attached hydrogens (tertiary/aromatic N) is 1. The van der Waals surface area contributed by atoms with Gasteiger partial charge in [-0.1, -0.05) is 32.8 Å². The van der Waals surface area contributed by atoms with Gasteiger partial charge in [-0.25, -0.2) is 0 Å². The van der Waals surface area contributed by atoms with Gasteiger partial charge in [0.15, 0.2) is 0 Å². The highest BCUT2D eigenvalue weighted by molar-refractivity contribution is 5.71. The summed E-state index contributed by atoms with van der Waals surface area (Å²) >= 11 is 0. The summed E-state index contributed by atoms with van der Waals surface area (Å²) in [6, 6.07) is 0. The molecule has 88 valence electrons. The Labute approximate surface area is 95.7 Å². The molecule has 0 saturated heterocycles. The fraction of sp³-hybridized carbons (Fsp3) is 0.786. The van der Waals surface area contributed by atoms with Gasteiger partial charge in [-0.2, -0.15) is 0 Å². The Hall–Kier alpha value is -0.590. The van der Waals surface area contributed by atoms with Crippen molar-refractivity contribution in [3.63, 3.8) is 0 Å². The van der Waals surface area contributed by atoms with Crippen LogP contribution in [0.15, 0.2) is 16.6 Å². The van der Waals surface area contributed by atoms with Gasteiger partial charge < -0.3 is 0 Å². The van der Waals surface area contributed by atoms with Gasteiger partial charge in [0.1, 0.15) is 0 Å². The molecule has 1 unspecified atom stereocenters. The van der Waals surface area contributed by atoms with Crippen LogP contribution in [0, 0.1) is 11.8 Å². The summed E-state index contributed by atoms with van der Waals surface area (Å²) in [7, 11) is 1.81. The average Bonchev–Trinajstić information content (AvgIpc) is 2.23. The quantitative estimate of drug-likeness (QED) is 0.548. The number of hydrogen-bond donors (Lipinski definition) is 0. The third-order valence-corrected chi connectivity index (χ3v) is 3.04. The van der Waals surface area contributed by atoms with E-state index in [9.17, 15) is 0 Å². The topological polar surface area (TPSA) is 12.4 Å². The van der Waals surface area contributed by atoms with Crippen molar-refractivity contribution in [3.05, 3.63) is 11.6 Å². The molecule has 0 heterocycles. The van der Waals surface area contributed by atoms with Crippen LogP contribution in [-0.4, -0.2) is 13.3 Å². The largest absolute Gasteiger partial charge is 0.297 e. The standard InChI is InChI=1S/C14H27N/c1-6-12(2)11-14(4)8-7-13(3)9-10-15-5/h9-10,12,14H,6-8,11H2,1-5H3/b13-9+,15-10?/t12-,14?/m1/s1. The Balaban J connectivity index is 3.75. The summed E-state index contributed by atoms with van der Waals surface area (Å²) in [4.78, 5) is 3.96. The molecule has 0 spiro atoms. The van der Waals surface area contributed by atoms with Gasteiger partial charge in [0.25, 0.3) is 0 Å². The van der Waals surface area contributed by atoms with Gasteiger partial charge in [-0.05, 0) is 44.1 Å². The van der Waals surface area contributed by atoms with Gasteiger partial charge >= 0.3 is 0 Å². The van der Waals surface area contributed by atoms with Crippen LogP contribution in [-0.2, 0) is 0 Å². The Morgan fingerprint density at radius 2 is 1.93 bits per heavy atom. The lowest BCUT2D eigenvalue weighted by atomic mass is 9.91. The molecule has 0 aromatic heterocycles. The van der Waals surface area contributed by atoms with Crippen molar-refractivity contribution in [1.82, 2.24) is 0 Å². The zero-order valence-corrected chi connectivity index (χ0v) is 11.1. The molecule has 0 aliphatic carbocycles. The fourth-order valence-electron chi connectivity index (χ4n) is 1.73. The first-order valence-corrected chi connectivity index (χ1v) is 6.18. The number of allylic oxidation sites excluding steroid dienone is 2. The summed E-state index contributed by atoms with van der Waals surface area (Å²) in [6.45, 7) is 9.19. The zero-order chi connectivity index (χ0) is 11.7. The van der Waals surface area contributed by atoms with Crippen molar-refractivity contribution in [2.45, 2.75) is 53.4 Å². The predicted octanol–water partition coefficient (Wildman–Crippen LogP) is 4.49. The zero-order valence-electron chi connectivity index (χ0n) is 11.1. The van der Waals surface area contributed by atoms with Crippen LogP contribution in [0.4, 0.5) is 0 Å². The molecule has 0 aliphatic heterocycles. The average molecular weight is 209 g/mol. The lowest BCUT2D eigenvalue weighted by Gasteiger charge is -2.15. The molecule has 0 aromatic carbocycles. The summed E-state index contributed by atoms with van der Waals surface area (Å²) in [5, 5.41) is 0. The first-order chi connectivity index (χ1) is 7.10. The van der Waals surface area contributed by atoms with E-state index in [2.05, 4.69) is 38.8 Å². The second-order valence-corrected chi connectivity index (χ2v) is 4.81. The lowest BCUT2D eigenvalue weighted by molar-refractivity contribution is 0.387. The fourth-order valence-corrected chi connectivity index (χ4v) is 1.73. The maximum atomic E-state index is 3.96. The Bertz CT molecular complexity index is 203. The van der Waals surface area contributed by atoms with Crippen LogP contribution in [0.25, 0.3) is 0 Å². The molecule has 15 heavy (non-hydrogen) atoms. The van der Waals surface area contributed by atoms with Crippen molar-refractivity contribution >= 4 is 6.21 Å². The predicted molar refractivity (Wildman–Crippen MR) is 70.6 cm³/mol. The first kappa shape index (κ1) is 14.4. The van der Waals surface area contributed by atoms with Crippen LogP contribution in [0.5, 0.6) is 0 Å². The number of hydrogen-bond acceptors (Lipinski definition) is 1. The highest BCUT2D eigenvalue weighted by Crippen LogP contribution is 2.20. The second kappa shape index (κ2) is 8.70. The number of rotatable bonds is 7. The molecule has 0 amide bonds. The summed E-state index contributed by atoms with van der Waals surface area (Å²) < 4.78 is 0. The molecule has 0 bridgehead atoms. The van der Waals surface area contributed by atoms with E-state index in [0.717, 1.165) is 11.8 Å². The maximum absolute atomic E-state index is 3.96. The monoisotopic (exact) mass is 209 g/mol. The molecule has 1 nitrogen and oxygen atoms in total. The molecule has 0 saturated carbocycles. The Kier molecular flexibility index (Phi) is 8.35. The molecule has 1 heteroatoms. The minimum absolute atomic E-state index is 0.849. The summed E-state index contributed by atoms with van der Waals surface area (Å²) in [5.41, 5.74) is 1.44. The van der Waals surface area contributed by atoms with Crippen LogP contribution in [0.2, 0.25) is 0 Å². The van der Waals surface area contributed by atoms with E-state index < -0.39 is 0 Å². The third-order valence-electron chi connectivity index (χ3n) is 3.04. The van der Waals surface area contributed by atoms with E-state index in [1.165, 1.54) is 31.3 Å². The normalized spacial score (nSPS) is 17.0. The molecule has 0 fully saturated rings. The highest BCUT2D eigenvalue weighted by atomic mass is 14.6. The summed E-state index contributed by atoms with van der Waals surface area (Å²) in [5.74, 6) is 1.73. The lowest BCUT2D eigenvalue weighted by Crippen LogP contribution is -2.02. The minimum atomic E-state index is 0.849. The molecule has 0 N–H and O–H groups in total. The molecule has 0 aromatic rings. The van der Waals surface area contributed by atoms with Crippen LogP contribution < -0.4 is 0 Å². The molecular weight excluding hydrogens is 182 g/mol. The molecule has 0 aliphatic rings.